The van der Waals surface area contributed by atoms with Crippen molar-refractivity contribution in [2.45, 2.75) is 32.8 Å². The van der Waals surface area contributed by atoms with Crippen LogP contribution in [0.25, 0.3) is 16.8 Å². The Hall–Kier alpha value is -4.12. The number of piperazine rings is 1. The molecule has 0 radical (unpaired) electrons. The van der Waals surface area contributed by atoms with Crippen LogP contribution in [0.5, 0.6) is 0 Å². The van der Waals surface area contributed by atoms with Gasteiger partial charge in [0.15, 0.2) is 5.13 Å². The van der Waals surface area contributed by atoms with Gasteiger partial charge in [-0.2, -0.15) is 10.4 Å². The van der Waals surface area contributed by atoms with E-state index in [0.29, 0.717) is 84.0 Å². The van der Waals surface area contributed by atoms with E-state index in [2.05, 4.69) is 21.0 Å². The van der Waals surface area contributed by atoms with Crippen LogP contribution in [0.1, 0.15) is 35.2 Å². The zero-order valence-corrected chi connectivity index (χ0v) is 25.7. The Balaban J connectivity index is 1.31. The summed E-state index contributed by atoms with van der Waals surface area (Å²) in [5.74, 6) is -0.00327. The second kappa shape index (κ2) is 12.1. The molecule has 13 heteroatoms. The SMILES string of the molecule is CCc1nn2c(C(F)F)cc(N3CCN(CC(=O)N4CC(O)C4)CC3)cc2c1N(C)c1nc(-c2ccc(C)cc2)c(C#N)s1. The molecule has 0 bridgehead atoms. The highest BCUT2D eigenvalue weighted by molar-refractivity contribution is 7.16. The number of β-amino-alcohol motifs (C(OH)–C–C–N with tert-alkyl or cyclic N) is 1. The average molecular weight is 621 g/mol. The maximum absolute atomic E-state index is 14.5. The van der Waals surface area contributed by atoms with E-state index in [-0.39, 0.29) is 18.1 Å². The van der Waals surface area contributed by atoms with Crippen LogP contribution in [0, 0.1) is 18.3 Å². The van der Waals surface area contributed by atoms with Crippen LogP contribution < -0.4 is 9.80 Å². The van der Waals surface area contributed by atoms with Gasteiger partial charge >= 0.3 is 0 Å². The van der Waals surface area contributed by atoms with Crippen LogP contribution in [0.2, 0.25) is 0 Å². The van der Waals surface area contributed by atoms with E-state index in [1.807, 2.05) is 56.1 Å². The van der Waals surface area contributed by atoms with Crippen molar-refractivity contribution in [1.29, 1.82) is 5.26 Å². The third-order valence-corrected chi connectivity index (χ3v) is 9.36. The molecule has 0 saturated carbocycles. The molecule has 2 fully saturated rings. The molecule has 2 aliphatic heterocycles. The molecular weight excluding hydrogens is 586 g/mol. The molecule has 1 N–H and O–H groups in total. The quantitative estimate of drug-likeness (QED) is 0.312. The maximum atomic E-state index is 14.5. The number of hydrogen-bond acceptors (Lipinski definition) is 9. The van der Waals surface area contributed by atoms with Crippen LogP contribution in [-0.4, -0.2) is 94.4 Å². The first-order chi connectivity index (χ1) is 21.2. The number of carbonyl (C=O) groups excluding carboxylic acids is 1. The Morgan fingerprint density at radius 1 is 1.18 bits per heavy atom. The summed E-state index contributed by atoms with van der Waals surface area (Å²) in [6, 6.07) is 13.5. The highest BCUT2D eigenvalue weighted by atomic mass is 32.1. The number of likely N-dealkylation sites (tertiary alicyclic amines) is 1. The molecule has 1 aromatic carbocycles. The molecule has 1 amide bonds. The van der Waals surface area contributed by atoms with Gasteiger partial charge in [-0.05, 0) is 25.5 Å². The lowest BCUT2D eigenvalue weighted by molar-refractivity contribution is -0.142. The van der Waals surface area contributed by atoms with Crippen molar-refractivity contribution >= 4 is 39.3 Å². The van der Waals surface area contributed by atoms with Gasteiger partial charge in [0.2, 0.25) is 5.91 Å². The third kappa shape index (κ3) is 5.60. The fourth-order valence-corrected chi connectivity index (χ4v) is 6.63. The number of nitriles is 1. The number of pyridine rings is 1. The van der Waals surface area contributed by atoms with Crippen molar-refractivity contribution in [3.05, 3.63) is 58.2 Å². The Labute approximate surface area is 258 Å². The van der Waals surface area contributed by atoms with Gasteiger partial charge in [0.05, 0.1) is 29.5 Å². The smallest absolute Gasteiger partial charge is 0.280 e. The highest BCUT2D eigenvalue weighted by Gasteiger charge is 2.31. The van der Waals surface area contributed by atoms with E-state index in [9.17, 15) is 23.9 Å². The van der Waals surface area contributed by atoms with Gasteiger partial charge in [0, 0.05) is 57.6 Å². The summed E-state index contributed by atoms with van der Waals surface area (Å²) in [6.45, 7) is 7.34. The molecule has 10 nitrogen and oxygen atoms in total. The minimum absolute atomic E-state index is 0.00327. The zero-order valence-electron chi connectivity index (χ0n) is 24.9. The number of amides is 1. The lowest BCUT2D eigenvalue weighted by Gasteiger charge is -2.39. The molecule has 0 atom stereocenters. The molecule has 2 saturated heterocycles. The standard InChI is InChI=1S/C31H34F2N8O2S/c1-4-23-29(37(3)31-35-28(26(15-34)44-31)20-7-5-19(2)6-8-20)24-13-21(14-25(30(32)33)41(24)36-23)39-11-9-38(10-12-39)18-27(43)40-16-22(42)17-40/h5-8,13-14,22,30,42H,4,9-12,16-18H2,1-3H3. The summed E-state index contributed by atoms with van der Waals surface area (Å²) in [5.41, 5.74) is 4.86. The van der Waals surface area contributed by atoms with Crippen LogP contribution in [0.4, 0.5) is 25.3 Å². The van der Waals surface area contributed by atoms with Crippen molar-refractivity contribution in [3.8, 4) is 17.3 Å². The van der Waals surface area contributed by atoms with Gasteiger partial charge in [0.1, 0.15) is 22.3 Å². The number of thiazole rings is 1. The number of anilines is 3. The first-order valence-electron chi connectivity index (χ1n) is 14.6. The fourth-order valence-electron chi connectivity index (χ4n) is 5.78. The van der Waals surface area contributed by atoms with Crippen LogP contribution in [0.3, 0.4) is 0 Å². The summed E-state index contributed by atoms with van der Waals surface area (Å²) in [7, 11) is 1.83. The van der Waals surface area contributed by atoms with E-state index in [4.69, 9.17) is 4.98 Å². The van der Waals surface area contributed by atoms with E-state index in [0.717, 1.165) is 11.1 Å². The lowest BCUT2D eigenvalue weighted by Crippen LogP contribution is -2.57. The lowest BCUT2D eigenvalue weighted by atomic mass is 10.1. The molecule has 0 unspecified atom stereocenters. The number of carbonyl (C=O) groups is 1. The molecule has 4 aromatic rings. The molecule has 0 spiro atoms. The zero-order chi connectivity index (χ0) is 31.1. The number of fused-ring (bicyclic) bond motifs is 1. The van der Waals surface area contributed by atoms with Crippen LogP contribution in [0.15, 0.2) is 36.4 Å². The maximum Gasteiger partial charge on any atom is 0.280 e. The third-order valence-electron chi connectivity index (χ3n) is 8.32. The number of nitrogens with zero attached hydrogens (tertiary/aromatic N) is 8. The number of aliphatic hydroxyl groups is 1. The second-order valence-corrected chi connectivity index (χ2v) is 12.3. The summed E-state index contributed by atoms with van der Waals surface area (Å²) >= 11 is 1.26. The number of benzene rings is 1. The largest absolute Gasteiger partial charge is 0.389 e. The van der Waals surface area contributed by atoms with Gasteiger partial charge < -0.3 is 19.8 Å². The average Bonchev–Trinajstić information content (AvgIpc) is 3.61. The number of aryl methyl sites for hydroxylation is 2. The van der Waals surface area contributed by atoms with E-state index in [1.165, 1.54) is 21.9 Å². The van der Waals surface area contributed by atoms with E-state index < -0.39 is 12.5 Å². The number of alkyl halides is 2. The Morgan fingerprint density at radius 3 is 2.50 bits per heavy atom. The van der Waals surface area contributed by atoms with Gasteiger partial charge in [-0.25, -0.2) is 18.3 Å². The number of aliphatic hydroxyl groups excluding tert-OH is 1. The van der Waals surface area contributed by atoms with Crippen molar-refractivity contribution in [3.63, 3.8) is 0 Å². The number of rotatable bonds is 8. The van der Waals surface area contributed by atoms with Crippen molar-refractivity contribution in [2.24, 2.45) is 0 Å². The normalized spacial score (nSPS) is 16.0. The minimum atomic E-state index is -2.75. The summed E-state index contributed by atoms with van der Waals surface area (Å²) in [6.07, 6.45) is -2.67. The predicted octanol–water partition coefficient (Wildman–Crippen LogP) is 4.23. The van der Waals surface area contributed by atoms with Gasteiger partial charge in [-0.15, -0.1) is 0 Å². The number of hydrogen-bond donors (Lipinski definition) is 1. The first kappa shape index (κ1) is 29.9. The van der Waals surface area contributed by atoms with Crippen molar-refractivity contribution in [2.75, 3.05) is 62.7 Å². The van der Waals surface area contributed by atoms with Gasteiger partial charge in [0.25, 0.3) is 6.43 Å². The Morgan fingerprint density at radius 2 is 1.89 bits per heavy atom. The van der Waals surface area contributed by atoms with E-state index in [1.54, 1.807) is 4.90 Å². The second-order valence-electron chi connectivity index (χ2n) is 11.3. The van der Waals surface area contributed by atoms with Crippen LogP contribution >= 0.6 is 11.3 Å². The number of aromatic nitrogens is 3. The van der Waals surface area contributed by atoms with E-state index >= 15 is 0 Å². The first-order valence-corrected chi connectivity index (χ1v) is 15.5. The minimum Gasteiger partial charge on any atom is -0.389 e. The number of halogens is 2. The summed E-state index contributed by atoms with van der Waals surface area (Å²) in [4.78, 5) is 25.4. The summed E-state index contributed by atoms with van der Waals surface area (Å²) < 4.78 is 30.3. The van der Waals surface area contributed by atoms with Gasteiger partial charge in [-0.1, -0.05) is 48.1 Å². The molecule has 5 heterocycles. The molecule has 230 valence electrons. The molecule has 44 heavy (non-hydrogen) atoms. The Bertz CT molecular complexity index is 1720. The highest BCUT2D eigenvalue weighted by Crippen LogP contribution is 2.40. The van der Waals surface area contributed by atoms with Gasteiger partial charge in [-0.3, -0.25) is 9.69 Å². The topological polar surface area (TPSA) is 104 Å². The molecule has 6 rings (SSSR count). The predicted molar refractivity (Wildman–Crippen MR) is 166 cm³/mol. The van der Waals surface area contributed by atoms with Crippen LogP contribution in [-0.2, 0) is 11.2 Å². The Kier molecular flexibility index (Phi) is 8.24. The molecular formula is C31H34F2N8O2S. The van der Waals surface area contributed by atoms with Crippen molar-refractivity contribution < 1.29 is 18.7 Å². The molecule has 2 aliphatic rings. The molecule has 3 aromatic heterocycles. The molecule has 0 aliphatic carbocycles. The van der Waals surface area contributed by atoms with Crippen molar-refractivity contribution in [1.82, 2.24) is 24.4 Å². The monoisotopic (exact) mass is 620 g/mol. The summed E-state index contributed by atoms with van der Waals surface area (Å²) in [5, 5.41) is 24.6. The fraction of sp³-hybridized carbons (Fsp3) is 0.419.